The van der Waals surface area contributed by atoms with Crippen molar-refractivity contribution in [1.29, 1.82) is 0 Å². The quantitative estimate of drug-likeness (QED) is 0.823. The van der Waals surface area contributed by atoms with E-state index in [4.69, 9.17) is 4.74 Å². The molecule has 1 fully saturated rings. The first-order valence-electron chi connectivity index (χ1n) is 6.49. The lowest BCUT2D eigenvalue weighted by atomic mass is 10.1. The molecule has 0 bridgehead atoms. The van der Waals surface area contributed by atoms with Gasteiger partial charge in [-0.1, -0.05) is 6.07 Å². The Morgan fingerprint density at radius 2 is 1.95 bits per heavy atom. The zero-order chi connectivity index (χ0) is 13.7. The van der Waals surface area contributed by atoms with E-state index in [1.54, 1.807) is 36.1 Å². The van der Waals surface area contributed by atoms with Crippen molar-refractivity contribution in [2.75, 3.05) is 32.8 Å². The smallest absolute Gasteiger partial charge is 0.338 e. The van der Waals surface area contributed by atoms with Gasteiger partial charge in [0, 0.05) is 31.7 Å². The molecule has 1 aromatic rings. The Labute approximate surface area is 112 Å². The van der Waals surface area contributed by atoms with Crippen molar-refractivity contribution in [3.8, 4) is 0 Å². The maximum Gasteiger partial charge on any atom is 0.338 e. The number of ether oxygens (including phenoxy) is 1. The number of benzene rings is 1. The summed E-state index contributed by atoms with van der Waals surface area (Å²) in [5.74, 6) is -0.426. The molecule has 19 heavy (non-hydrogen) atoms. The largest absolute Gasteiger partial charge is 0.462 e. The number of piperazine rings is 1. The predicted octanol–water partition coefficient (Wildman–Crippen LogP) is 0.909. The third-order valence-corrected chi connectivity index (χ3v) is 3.02. The lowest BCUT2D eigenvalue weighted by Crippen LogP contribution is -2.46. The minimum Gasteiger partial charge on any atom is -0.462 e. The van der Waals surface area contributed by atoms with Gasteiger partial charge >= 0.3 is 5.97 Å². The van der Waals surface area contributed by atoms with Crippen LogP contribution in [0.3, 0.4) is 0 Å². The van der Waals surface area contributed by atoms with Crippen LogP contribution >= 0.6 is 0 Å². The summed E-state index contributed by atoms with van der Waals surface area (Å²) in [6.45, 7) is 5.10. The summed E-state index contributed by atoms with van der Waals surface area (Å²) in [5.41, 5.74) is 0.954. The Kier molecular flexibility index (Phi) is 4.52. The zero-order valence-electron chi connectivity index (χ0n) is 11.0. The number of carbonyl (C=O) groups excluding carboxylic acids is 2. The predicted molar refractivity (Wildman–Crippen MR) is 71.2 cm³/mol. The van der Waals surface area contributed by atoms with Crippen LogP contribution < -0.4 is 5.32 Å². The highest BCUT2D eigenvalue weighted by Gasteiger charge is 2.19. The van der Waals surface area contributed by atoms with E-state index in [0.717, 1.165) is 13.1 Å². The lowest BCUT2D eigenvalue weighted by molar-refractivity contribution is 0.0526. The topological polar surface area (TPSA) is 58.6 Å². The Hall–Kier alpha value is -1.88. The van der Waals surface area contributed by atoms with Crippen molar-refractivity contribution >= 4 is 11.9 Å². The van der Waals surface area contributed by atoms with Crippen molar-refractivity contribution in [2.24, 2.45) is 0 Å². The van der Waals surface area contributed by atoms with E-state index in [1.807, 2.05) is 0 Å². The minimum absolute atomic E-state index is 0.0346. The van der Waals surface area contributed by atoms with Gasteiger partial charge in [0.15, 0.2) is 0 Å². The van der Waals surface area contributed by atoms with Crippen LogP contribution in [0, 0.1) is 0 Å². The minimum atomic E-state index is -0.391. The van der Waals surface area contributed by atoms with Gasteiger partial charge in [0.1, 0.15) is 0 Å². The molecule has 1 aromatic carbocycles. The van der Waals surface area contributed by atoms with Gasteiger partial charge in [0.25, 0.3) is 5.91 Å². The molecular weight excluding hydrogens is 244 g/mol. The molecule has 0 unspecified atom stereocenters. The van der Waals surface area contributed by atoms with E-state index in [2.05, 4.69) is 5.32 Å². The third-order valence-electron chi connectivity index (χ3n) is 3.02. The first-order valence-corrected chi connectivity index (χ1v) is 6.49. The second-order valence-corrected chi connectivity index (χ2v) is 4.34. The maximum absolute atomic E-state index is 12.3. The average Bonchev–Trinajstić information content (AvgIpc) is 2.48. The van der Waals surface area contributed by atoms with Crippen LogP contribution in [0.15, 0.2) is 24.3 Å². The van der Waals surface area contributed by atoms with E-state index < -0.39 is 5.97 Å². The standard InChI is InChI=1S/C14H18N2O3/c1-2-19-14(18)12-5-3-4-11(10-12)13(17)16-8-6-15-7-9-16/h3-5,10,15H,2,6-9H2,1H3. The summed E-state index contributed by atoms with van der Waals surface area (Å²) in [5, 5.41) is 3.20. The Morgan fingerprint density at radius 1 is 1.26 bits per heavy atom. The summed E-state index contributed by atoms with van der Waals surface area (Å²) >= 11 is 0. The highest BCUT2D eigenvalue weighted by molar-refractivity contribution is 5.98. The van der Waals surface area contributed by atoms with Crippen LogP contribution in [0.4, 0.5) is 0 Å². The summed E-state index contributed by atoms with van der Waals surface area (Å²) in [7, 11) is 0. The molecule has 1 N–H and O–H groups in total. The van der Waals surface area contributed by atoms with Gasteiger partial charge in [-0.25, -0.2) is 4.79 Å². The van der Waals surface area contributed by atoms with Crippen molar-refractivity contribution < 1.29 is 14.3 Å². The average molecular weight is 262 g/mol. The number of hydrogen-bond acceptors (Lipinski definition) is 4. The SMILES string of the molecule is CCOC(=O)c1cccc(C(=O)N2CCNCC2)c1. The van der Waals surface area contributed by atoms with Crippen LogP contribution in [0.2, 0.25) is 0 Å². The van der Waals surface area contributed by atoms with E-state index >= 15 is 0 Å². The number of rotatable bonds is 3. The van der Waals surface area contributed by atoms with Gasteiger partial charge in [-0.3, -0.25) is 4.79 Å². The fourth-order valence-electron chi connectivity index (χ4n) is 2.04. The Morgan fingerprint density at radius 3 is 2.63 bits per heavy atom. The van der Waals surface area contributed by atoms with Gasteiger partial charge in [-0.15, -0.1) is 0 Å². The van der Waals surface area contributed by atoms with Gasteiger partial charge in [-0.05, 0) is 25.1 Å². The summed E-state index contributed by atoms with van der Waals surface area (Å²) in [6.07, 6.45) is 0. The second-order valence-electron chi connectivity index (χ2n) is 4.34. The normalized spacial score (nSPS) is 15.1. The first kappa shape index (κ1) is 13.5. The van der Waals surface area contributed by atoms with E-state index in [1.165, 1.54) is 0 Å². The van der Waals surface area contributed by atoms with Crippen LogP contribution in [-0.2, 0) is 4.74 Å². The number of amides is 1. The van der Waals surface area contributed by atoms with E-state index in [0.29, 0.717) is 30.8 Å². The number of nitrogens with zero attached hydrogens (tertiary/aromatic N) is 1. The molecule has 0 aliphatic carbocycles. The van der Waals surface area contributed by atoms with Crippen molar-refractivity contribution in [3.05, 3.63) is 35.4 Å². The second kappa shape index (κ2) is 6.33. The molecule has 1 amide bonds. The lowest BCUT2D eigenvalue weighted by Gasteiger charge is -2.27. The molecule has 0 atom stereocenters. The van der Waals surface area contributed by atoms with Crippen LogP contribution in [0.5, 0.6) is 0 Å². The molecule has 5 nitrogen and oxygen atoms in total. The highest BCUT2D eigenvalue weighted by atomic mass is 16.5. The van der Waals surface area contributed by atoms with Crippen LogP contribution in [0.1, 0.15) is 27.6 Å². The maximum atomic E-state index is 12.3. The number of carbonyl (C=O) groups is 2. The molecule has 0 spiro atoms. The molecule has 1 heterocycles. The molecule has 0 radical (unpaired) electrons. The summed E-state index contributed by atoms with van der Waals surface area (Å²) in [4.78, 5) is 25.7. The van der Waals surface area contributed by atoms with Crippen molar-refractivity contribution in [1.82, 2.24) is 10.2 Å². The highest BCUT2D eigenvalue weighted by Crippen LogP contribution is 2.10. The molecular formula is C14H18N2O3. The third kappa shape index (κ3) is 3.32. The Bertz CT molecular complexity index is 468. The number of nitrogens with one attached hydrogen (secondary N) is 1. The van der Waals surface area contributed by atoms with Gasteiger partial charge in [-0.2, -0.15) is 0 Å². The fraction of sp³-hybridized carbons (Fsp3) is 0.429. The summed E-state index contributed by atoms with van der Waals surface area (Å²) in [6, 6.07) is 6.70. The molecule has 5 heteroatoms. The summed E-state index contributed by atoms with van der Waals surface area (Å²) < 4.78 is 4.93. The fourth-order valence-corrected chi connectivity index (χ4v) is 2.04. The first-order chi connectivity index (χ1) is 9.22. The molecule has 1 saturated heterocycles. The Balaban J connectivity index is 2.13. The number of esters is 1. The molecule has 0 saturated carbocycles. The molecule has 1 aliphatic heterocycles. The molecule has 1 aliphatic rings. The van der Waals surface area contributed by atoms with Gasteiger partial charge in [0.2, 0.25) is 0 Å². The van der Waals surface area contributed by atoms with E-state index in [-0.39, 0.29) is 5.91 Å². The van der Waals surface area contributed by atoms with E-state index in [9.17, 15) is 9.59 Å². The van der Waals surface area contributed by atoms with Crippen molar-refractivity contribution in [2.45, 2.75) is 6.92 Å². The zero-order valence-corrected chi connectivity index (χ0v) is 11.0. The van der Waals surface area contributed by atoms with Crippen LogP contribution in [0.25, 0.3) is 0 Å². The van der Waals surface area contributed by atoms with Crippen molar-refractivity contribution in [3.63, 3.8) is 0 Å². The van der Waals surface area contributed by atoms with Crippen LogP contribution in [-0.4, -0.2) is 49.6 Å². The van der Waals surface area contributed by atoms with Gasteiger partial charge in [0.05, 0.1) is 12.2 Å². The van der Waals surface area contributed by atoms with Gasteiger partial charge < -0.3 is 15.0 Å². The molecule has 0 aromatic heterocycles. The molecule has 102 valence electrons. The number of hydrogen-bond donors (Lipinski definition) is 1. The molecule has 2 rings (SSSR count). The monoisotopic (exact) mass is 262 g/mol.